The monoisotopic (exact) mass is 422 g/mol. The van der Waals surface area contributed by atoms with Crippen LogP contribution in [0.4, 0.5) is 10.5 Å². The molecule has 0 heterocycles. The molecule has 0 fully saturated rings. The predicted molar refractivity (Wildman–Crippen MR) is 124 cm³/mol. The molecular formula is C24H26N2O3S. The van der Waals surface area contributed by atoms with Gasteiger partial charge in [0.25, 0.3) is 0 Å². The van der Waals surface area contributed by atoms with E-state index >= 15 is 0 Å². The minimum absolute atomic E-state index is 0.480. The van der Waals surface area contributed by atoms with Crippen LogP contribution >= 0.6 is 12.8 Å². The maximum absolute atomic E-state index is 11.4. The van der Waals surface area contributed by atoms with E-state index in [0.717, 1.165) is 40.4 Å². The standard InChI is InChI=1S/C24H26N2O3S/c1-2-3-16-23(28-20-13-9-12-19(17-20)26(30)24(25)27)29-22-15-8-7-14-21(22)18-10-5-4-6-11-18/h4-15,17,23,30H,2-3,16H2,1H3,(H2,25,27). The van der Waals surface area contributed by atoms with Crippen molar-refractivity contribution in [3.05, 3.63) is 78.9 Å². The molecule has 2 N–H and O–H groups in total. The molecule has 0 aliphatic carbocycles. The maximum Gasteiger partial charge on any atom is 0.329 e. The molecule has 3 rings (SSSR count). The van der Waals surface area contributed by atoms with E-state index in [1.807, 2.05) is 48.5 Å². The Labute approximate surface area is 183 Å². The summed E-state index contributed by atoms with van der Waals surface area (Å²) < 4.78 is 13.5. The Morgan fingerprint density at radius 1 is 1.00 bits per heavy atom. The van der Waals surface area contributed by atoms with Gasteiger partial charge in [0.1, 0.15) is 11.5 Å². The summed E-state index contributed by atoms with van der Waals surface area (Å²) >= 11 is 4.11. The lowest BCUT2D eigenvalue weighted by Crippen LogP contribution is -2.27. The number of urea groups is 1. The van der Waals surface area contributed by atoms with E-state index in [2.05, 4.69) is 31.9 Å². The second-order valence-corrected chi connectivity index (χ2v) is 7.22. The van der Waals surface area contributed by atoms with Crippen LogP contribution in [0.2, 0.25) is 0 Å². The molecule has 1 unspecified atom stereocenters. The van der Waals surface area contributed by atoms with Gasteiger partial charge in [-0.3, -0.25) is 0 Å². The summed E-state index contributed by atoms with van der Waals surface area (Å²) in [5.74, 6) is 1.33. The molecule has 3 aromatic rings. The van der Waals surface area contributed by atoms with Gasteiger partial charge in [-0.05, 0) is 30.2 Å². The predicted octanol–water partition coefficient (Wildman–Crippen LogP) is 6.06. The van der Waals surface area contributed by atoms with Gasteiger partial charge in [-0.15, -0.1) is 0 Å². The Kier molecular flexibility index (Phi) is 7.63. The molecule has 0 radical (unpaired) electrons. The highest BCUT2D eigenvalue weighted by molar-refractivity contribution is 7.82. The summed E-state index contributed by atoms with van der Waals surface area (Å²) in [4.78, 5) is 11.4. The van der Waals surface area contributed by atoms with Gasteiger partial charge in [0.2, 0.25) is 6.29 Å². The average Bonchev–Trinajstić information content (AvgIpc) is 2.78. The van der Waals surface area contributed by atoms with E-state index in [0.29, 0.717) is 11.4 Å². The van der Waals surface area contributed by atoms with Crippen LogP contribution in [0.3, 0.4) is 0 Å². The van der Waals surface area contributed by atoms with Crippen molar-refractivity contribution in [3.63, 3.8) is 0 Å². The molecule has 0 aliphatic heterocycles. The van der Waals surface area contributed by atoms with Gasteiger partial charge in [0.05, 0.1) is 5.69 Å². The van der Waals surface area contributed by atoms with Gasteiger partial charge < -0.3 is 15.2 Å². The third-order valence-electron chi connectivity index (χ3n) is 4.56. The molecule has 1 atom stereocenters. The number of ether oxygens (including phenoxy) is 2. The van der Waals surface area contributed by atoms with Crippen LogP contribution < -0.4 is 19.5 Å². The Morgan fingerprint density at radius 2 is 1.73 bits per heavy atom. The van der Waals surface area contributed by atoms with Crippen molar-refractivity contribution in [1.82, 2.24) is 0 Å². The largest absolute Gasteiger partial charge is 0.455 e. The van der Waals surface area contributed by atoms with Gasteiger partial charge in [0.15, 0.2) is 0 Å². The van der Waals surface area contributed by atoms with Crippen LogP contribution in [0, 0.1) is 0 Å². The molecule has 156 valence electrons. The number of unbranched alkanes of at least 4 members (excludes halogenated alkanes) is 1. The van der Waals surface area contributed by atoms with Crippen LogP contribution in [0.1, 0.15) is 26.2 Å². The number of carbonyl (C=O) groups excluding carboxylic acids is 1. The van der Waals surface area contributed by atoms with Gasteiger partial charge in [-0.2, -0.15) is 0 Å². The number of hydrogen-bond acceptors (Lipinski definition) is 4. The number of hydrogen-bond donors (Lipinski definition) is 2. The fourth-order valence-corrected chi connectivity index (χ4v) is 3.17. The highest BCUT2D eigenvalue weighted by atomic mass is 32.1. The van der Waals surface area contributed by atoms with Crippen LogP contribution in [0.15, 0.2) is 78.9 Å². The molecule has 0 aromatic heterocycles. The number of anilines is 1. The molecule has 0 saturated heterocycles. The van der Waals surface area contributed by atoms with Crippen molar-refractivity contribution in [3.8, 4) is 22.6 Å². The van der Waals surface area contributed by atoms with E-state index in [1.165, 1.54) is 0 Å². The third kappa shape index (κ3) is 5.70. The van der Waals surface area contributed by atoms with Gasteiger partial charge in [0, 0.05) is 18.1 Å². The van der Waals surface area contributed by atoms with Gasteiger partial charge in [-0.1, -0.05) is 80.8 Å². The van der Waals surface area contributed by atoms with E-state index in [-0.39, 0.29) is 0 Å². The summed E-state index contributed by atoms with van der Waals surface area (Å²) in [6.45, 7) is 2.13. The molecule has 3 aromatic carbocycles. The average molecular weight is 423 g/mol. The number of amides is 2. The maximum atomic E-state index is 11.4. The van der Waals surface area contributed by atoms with E-state index in [4.69, 9.17) is 15.2 Å². The van der Waals surface area contributed by atoms with Crippen molar-refractivity contribution < 1.29 is 14.3 Å². The number of thiol groups is 1. The minimum atomic E-state index is -0.661. The van der Waals surface area contributed by atoms with Crippen LogP contribution in [0.25, 0.3) is 11.1 Å². The molecule has 0 aliphatic rings. The van der Waals surface area contributed by atoms with Crippen LogP contribution in [-0.2, 0) is 0 Å². The summed E-state index contributed by atoms with van der Waals surface area (Å²) in [6, 6.07) is 24.4. The summed E-state index contributed by atoms with van der Waals surface area (Å²) in [5.41, 5.74) is 7.92. The van der Waals surface area contributed by atoms with Crippen molar-refractivity contribution in [2.24, 2.45) is 5.73 Å². The molecule has 30 heavy (non-hydrogen) atoms. The van der Waals surface area contributed by atoms with Crippen molar-refractivity contribution in [2.75, 3.05) is 4.31 Å². The van der Waals surface area contributed by atoms with Crippen molar-refractivity contribution in [1.29, 1.82) is 0 Å². The highest BCUT2D eigenvalue weighted by Gasteiger charge is 2.16. The zero-order chi connectivity index (χ0) is 21.3. The zero-order valence-electron chi connectivity index (χ0n) is 16.9. The number of para-hydroxylation sites is 1. The number of benzene rings is 3. The fourth-order valence-electron chi connectivity index (χ4n) is 3.05. The summed E-state index contributed by atoms with van der Waals surface area (Å²) in [7, 11) is 0. The summed E-state index contributed by atoms with van der Waals surface area (Å²) in [6.07, 6.45) is 2.23. The smallest absolute Gasteiger partial charge is 0.329 e. The van der Waals surface area contributed by atoms with E-state index in [9.17, 15) is 4.79 Å². The normalized spacial score (nSPS) is 11.5. The summed E-state index contributed by atoms with van der Waals surface area (Å²) in [5, 5.41) is 0. The molecule has 0 bridgehead atoms. The second kappa shape index (κ2) is 10.6. The lowest BCUT2D eigenvalue weighted by molar-refractivity contribution is -0.00164. The number of carbonyl (C=O) groups is 1. The van der Waals surface area contributed by atoms with E-state index < -0.39 is 12.3 Å². The number of nitrogens with two attached hydrogens (primary N) is 1. The van der Waals surface area contributed by atoms with Crippen LogP contribution in [-0.4, -0.2) is 12.3 Å². The molecule has 2 amide bonds. The second-order valence-electron chi connectivity index (χ2n) is 6.82. The Bertz CT molecular complexity index is 965. The quantitative estimate of drug-likeness (QED) is 0.325. The molecule has 0 spiro atoms. The minimum Gasteiger partial charge on any atom is -0.455 e. The van der Waals surface area contributed by atoms with Crippen molar-refractivity contribution in [2.45, 2.75) is 32.5 Å². The third-order valence-corrected chi connectivity index (χ3v) is 4.99. The van der Waals surface area contributed by atoms with Gasteiger partial charge >= 0.3 is 6.03 Å². The highest BCUT2D eigenvalue weighted by Crippen LogP contribution is 2.32. The lowest BCUT2D eigenvalue weighted by Gasteiger charge is -2.23. The topological polar surface area (TPSA) is 64.8 Å². The Balaban J connectivity index is 1.83. The van der Waals surface area contributed by atoms with E-state index in [1.54, 1.807) is 18.2 Å². The number of primary amides is 1. The SMILES string of the molecule is CCCCC(Oc1cccc(N(S)C(N)=O)c1)Oc1ccccc1-c1ccccc1. The molecular weight excluding hydrogens is 396 g/mol. The molecule has 0 saturated carbocycles. The number of nitrogens with zero attached hydrogens (tertiary/aromatic N) is 1. The van der Waals surface area contributed by atoms with Crippen molar-refractivity contribution >= 4 is 24.5 Å². The zero-order valence-corrected chi connectivity index (χ0v) is 17.8. The first kappa shape index (κ1) is 21.6. The van der Waals surface area contributed by atoms with Gasteiger partial charge in [-0.25, -0.2) is 9.10 Å². The van der Waals surface area contributed by atoms with Crippen LogP contribution in [0.5, 0.6) is 11.5 Å². The first-order valence-corrected chi connectivity index (χ1v) is 10.3. The molecule has 6 heteroatoms. The lowest BCUT2D eigenvalue weighted by atomic mass is 10.0. The fraction of sp³-hybridized carbons (Fsp3) is 0.208. The Morgan fingerprint density at radius 3 is 2.47 bits per heavy atom. The Hall–Kier alpha value is -3.12. The molecule has 5 nitrogen and oxygen atoms in total. The first-order chi connectivity index (χ1) is 14.6. The first-order valence-electron chi connectivity index (χ1n) is 9.94. The number of rotatable bonds is 9.